The van der Waals surface area contributed by atoms with Gasteiger partial charge in [-0.05, 0) is 54.0 Å². The first-order valence-electron chi connectivity index (χ1n) is 9.86. The lowest BCUT2D eigenvalue weighted by atomic mass is 9.97. The van der Waals surface area contributed by atoms with Gasteiger partial charge < -0.3 is 14.4 Å². The van der Waals surface area contributed by atoms with Gasteiger partial charge in [0.15, 0.2) is 5.78 Å². The Morgan fingerprint density at radius 2 is 1.90 bits per heavy atom. The van der Waals surface area contributed by atoms with E-state index in [0.29, 0.717) is 48.8 Å². The van der Waals surface area contributed by atoms with Crippen LogP contribution in [-0.4, -0.2) is 39.2 Å². The minimum Gasteiger partial charge on any atom is -0.495 e. The number of anilines is 1. The van der Waals surface area contributed by atoms with E-state index >= 15 is 0 Å². The maximum atomic E-state index is 13.6. The SMILES string of the molecule is COc1cc2c(cc1N1CCOCC1)C/C(=C\c1c(C(F)(F)F)ccc(Cl)c1C)C2=O. The van der Waals surface area contributed by atoms with Crippen LogP contribution in [-0.2, 0) is 17.3 Å². The highest BCUT2D eigenvalue weighted by atomic mass is 35.5. The second-order valence-electron chi connectivity index (χ2n) is 7.59. The van der Waals surface area contributed by atoms with Crippen LogP contribution in [0.25, 0.3) is 6.08 Å². The van der Waals surface area contributed by atoms with Gasteiger partial charge in [0.05, 0.1) is 31.6 Å². The lowest BCUT2D eigenvalue weighted by Crippen LogP contribution is -2.36. The molecule has 1 saturated heterocycles. The Kier molecular flexibility index (Phi) is 5.75. The lowest BCUT2D eigenvalue weighted by molar-refractivity contribution is -0.137. The van der Waals surface area contributed by atoms with Crippen LogP contribution in [0.4, 0.5) is 18.9 Å². The number of hydrogen-bond donors (Lipinski definition) is 0. The molecule has 1 heterocycles. The van der Waals surface area contributed by atoms with Gasteiger partial charge in [-0.2, -0.15) is 13.2 Å². The minimum atomic E-state index is -4.55. The number of morpholine rings is 1. The zero-order chi connectivity index (χ0) is 22.3. The Morgan fingerprint density at radius 1 is 1.19 bits per heavy atom. The van der Waals surface area contributed by atoms with Gasteiger partial charge in [-0.3, -0.25) is 4.79 Å². The maximum Gasteiger partial charge on any atom is 0.416 e. The van der Waals surface area contributed by atoms with Crippen molar-refractivity contribution in [3.63, 3.8) is 0 Å². The van der Waals surface area contributed by atoms with E-state index in [1.807, 2.05) is 6.07 Å². The van der Waals surface area contributed by atoms with Crippen molar-refractivity contribution in [3.05, 3.63) is 62.7 Å². The Hall–Kier alpha value is -2.51. The van der Waals surface area contributed by atoms with Gasteiger partial charge in [0, 0.05) is 35.7 Å². The Labute approximate surface area is 183 Å². The molecule has 2 aromatic rings. The molecule has 1 fully saturated rings. The summed E-state index contributed by atoms with van der Waals surface area (Å²) in [5.41, 5.74) is 1.79. The number of nitrogens with zero attached hydrogens (tertiary/aromatic N) is 1. The molecule has 2 aliphatic rings. The van der Waals surface area contributed by atoms with Gasteiger partial charge in [-0.15, -0.1) is 0 Å². The van der Waals surface area contributed by atoms with Crippen molar-refractivity contribution in [2.75, 3.05) is 38.3 Å². The van der Waals surface area contributed by atoms with E-state index in [9.17, 15) is 18.0 Å². The number of hydrogen-bond acceptors (Lipinski definition) is 4. The molecule has 4 rings (SSSR count). The smallest absolute Gasteiger partial charge is 0.416 e. The number of allylic oxidation sites excluding steroid dienone is 1. The molecule has 0 N–H and O–H groups in total. The van der Waals surface area contributed by atoms with Crippen LogP contribution in [0.5, 0.6) is 5.75 Å². The van der Waals surface area contributed by atoms with E-state index in [4.69, 9.17) is 21.1 Å². The number of carbonyl (C=O) groups excluding carboxylic acids is 1. The van der Waals surface area contributed by atoms with E-state index < -0.39 is 11.7 Å². The second-order valence-corrected chi connectivity index (χ2v) is 7.99. The van der Waals surface area contributed by atoms with Crippen LogP contribution in [0.3, 0.4) is 0 Å². The highest BCUT2D eigenvalue weighted by Crippen LogP contribution is 2.40. The van der Waals surface area contributed by atoms with E-state index in [-0.39, 0.29) is 22.8 Å². The topological polar surface area (TPSA) is 38.8 Å². The van der Waals surface area contributed by atoms with E-state index in [1.165, 1.54) is 26.2 Å². The number of ketones is 1. The van der Waals surface area contributed by atoms with Crippen LogP contribution in [0, 0.1) is 6.92 Å². The fourth-order valence-electron chi connectivity index (χ4n) is 4.07. The normalized spacial score (nSPS) is 17.9. The number of Topliss-reactive ketones (excluding diaryl/α,β-unsaturated/α-hetero) is 1. The lowest BCUT2D eigenvalue weighted by Gasteiger charge is -2.30. The van der Waals surface area contributed by atoms with E-state index in [0.717, 1.165) is 17.3 Å². The summed E-state index contributed by atoms with van der Waals surface area (Å²) in [5.74, 6) is 0.263. The average Bonchev–Trinajstić information content (AvgIpc) is 3.04. The van der Waals surface area contributed by atoms with Crippen molar-refractivity contribution in [2.45, 2.75) is 19.5 Å². The van der Waals surface area contributed by atoms with Crippen LogP contribution < -0.4 is 9.64 Å². The molecule has 0 aromatic heterocycles. The minimum absolute atomic E-state index is 0.0727. The van der Waals surface area contributed by atoms with Crippen molar-refractivity contribution < 1.29 is 27.4 Å². The molecular formula is C23H21ClF3NO3. The second kappa shape index (κ2) is 8.20. The molecule has 1 aliphatic carbocycles. The van der Waals surface area contributed by atoms with Crippen LogP contribution in [0.15, 0.2) is 29.8 Å². The quantitative estimate of drug-likeness (QED) is 0.591. The van der Waals surface area contributed by atoms with Gasteiger partial charge in [0.2, 0.25) is 0 Å². The summed E-state index contributed by atoms with van der Waals surface area (Å²) >= 11 is 6.08. The third-order valence-electron chi connectivity index (χ3n) is 5.75. The van der Waals surface area contributed by atoms with E-state index in [1.54, 1.807) is 6.07 Å². The number of benzene rings is 2. The zero-order valence-electron chi connectivity index (χ0n) is 17.1. The van der Waals surface area contributed by atoms with Crippen LogP contribution >= 0.6 is 11.6 Å². The fourth-order valence-corrected chi connectivity index (χ4v) is 4.23. The molecule has 8 heteroatoms. The predicted molar refractivity (Wildman–Crippen MR) is 113 cm³/mol. The highest BCUT2D eigenvalue weighted by molar-refractivity contribution is 6.31. The number of rotatable bonds is 3. The van der Waals surface area contributed by atoms with E-state index in [2.05, 4.69) is 4.90 Å². The van der Waals surface area contributed by atoms with Gasteiger partial charge in [0.1, 0.15) is 5.75 Å². The van der Waals surface area contributed by atoms with Crippen molar-refractivity contribution >= 4 is 29.1 Å². The van der Waals surface area contributed by atoms with Gasteiger partial charge in [-0.25, -0.2) is 0 Å². The molecule has 0 spiro atoms. The first-order chi connectivity index (χ1) is 14.7. The summed E-state index contributed by atoms with van der Waals surface area (Å²) in [4.78, 5) is 15.2. The Bertz CT molecular complexity index is 1070. The zero-order valence-corrected chi connectivity index (χ0v) is 17.9. The fraction of sp³-hybridized carbons (Fsp3) is 0.348. The molecule has 0 atom stereocenters. The van der Waals surface area contributed by atoms with Crippen molar-refractivity contribution in [1.29, 1.82) is 0 Å². The molecular weight excluding hydrogens is 431 g/mol. The maximum absolute atomic E-state index is 13.6. The Morgan fingerprint density at radius 3 is 2.55 bits per heavy atom. The molecule has 0 saturated carbocycles. The molecule has 1 aliphatic heterocycles. The molecule has 0 bridgehead atoms. The number of alkyl halides is 3. The predicted octanol–water partition coefficient (Wildman–Crippen LogP) is 5.33. The van der Waals surface area contributed by atoms with Gasteiger partial charge in [-0.1, -0.05) is 11.6 Å². The molecule has 164 valence electrons. The largest absolute Gasteiger partial charge is 0.495 e. The third kappa shape index (κ3) is 4.04. The number of fused-ring (bicyclic) bond motifs is 1. The van der Waals surface area contributed by atoms with Crippen molar-refractivity contribution in [2.24, 2.45) is 0 Å². The van der Waals surface area contributed by atoms with Crippen LogP contribution in [0.1, 0.15) is 32.6 Å². The standard InChI is InChI=1S/C23H21ClF3NO3/c1-13-16(18(23(25,26)27)3-4-19(13)24)10-15-9-14-11-20(28-5-7-31-8-6-28)21(30-2)12-17(14)22(15)29/h3-4,10-12H,5-9H2,1-2H3/b15-10+. The highest BCUT2D eigenvalue weighted by Gasteiger charge is 2.35. The molecule has 0 unspecified atom stereocenters. The number of methoxy groups -OCH3 is 1. The molecule has 4 nitrogen and oxygen atoms in total. The summed E-state index contributed by atoms with van der Waals surface area (Å²) in [6.07, 6.45) is -2.98. The summed E-state index contributed by atoms with van der Waals surface area (Å²) < 4.78 is 51.6. The molecule has 2 aromatic carbocycles. The number of halogens is 4. The van der Waals surface area contributed by atoms with Gasteiger partial charge in [0.25, 0.3) is 0 Å². The van der Waals surface area contributed by atoms with Gasteiger partial charge >= 0.3 is 6.18 Å². The first-order valence-corrected chi connectivity index (χ1v) is 10.2. The molecule has 0 radical (unpaired) electrons. The third-order valence-corrected chi connectivity index (χ3v) is 6.16. The number of ether oxygens (including phenoxy) is 2. The Balaban J connectivity index is 1.77. The monoisotopic (exact) mass is 451 g/mol. The average molecular weight is 452 g/mol. The first kappa shape index (κ1) is 21.7. The van der Waals surface area contributed by atoms with Crippen LogP contribution in [0.2, 0.25) is 5.02 Å². The molecule has 31 heavy (non-hydrogen) atoms. The number of carbonyl (C=O) groups is 1. The summed E-state index contributed by atoms with van der Waals surface area (Å²) in [5, 5.41) is 0.221. The molecule has 0 amide bonds. The summed E-state index contributed by atoms with van der Waals surface area (Å²) in [6.45, 7) is 4.11. The van der Waals surface area contributed by atoms with Crippen molar-refractivity contribution in [3.8, 4) is 5.75 Å². The summed E-state index contributed by atoms with van der Waals surface area (Å²) in [7, 11) is 1.53. The summed E-state index contributed by atoms with van der Waals surface area (Å²) in [6, 6.07) is 5.76. The van der Waals surface area contributed by atoms with Crippen molar-refractivity contribution in [1.82, 2.24) is 0 Å².